The quantitative estimate of drug-likeness (QED) is 0.714. The maximum absolute atomic E-state index is 5.46. The van der Waals surface area contributed by atoms with Gasteiger partial charge in [-0.2, -0.15) is 0 Å². The number of hydrogen-bond acceptors (Lipinski definition) is 2. The van der Waals surface area contributed by atoms with Gasteiger partial charge in [-0.05, 0) is 45.6 Å². The van der Waals surface area contributed by atoms with Crippen LogP contribution in [0.25, 0.3) is 0 Å². The third kappa shape index (κ3) is 4.56. The molecule has 2 rings (SSSR count). The Balaban J connectivity index is 1.99. The van der Waals surface area contributed by atoms with Crippen molar-refractivity contribution in [2.75, 3.05) is 7.11 Å². The maximum Gasteiger partial charge on any atom is 0.137 e. The minimum absolute atomic E-state index is 0.761. The molecule has 2 aromatic rings. The first-order valence-electron chi connectivity index (χ1n) is 6.94. The lowest BCUT2D eigenvalue weighted by atomic mass is 10.1. The zero-order valence-corrected chi connectivity index (χ0v) is 15.4. The second kappa shape index (κ2) is 7.97. The standard InChI is InChI=1S/C17H19Br2NO/c1-3-12-4-6-13(7-5-12)10-20-11-14-8-15(18)9-16(19)17(14)21-2/h4-9,20H,3,10-11H2,1-2H3. The predicted molar refractivity (Wildman–Crippen MR) is 94.8 cm³/mol. The lowest BCUT2D eigenvalue weighted by Gasteiger charge is -2.12. The molecule has 0 aliphatic carbocycles. The number of methoxy groups -OCH3 is 1. The van der Waals surface area contributed by atoms with Crippen LogP contribution in [0.15, 0.2) is 45.3 Å². The monoisotopic (exact) mass is 411 g/mol. The van der Waals surface area contributed by atoms with E-state index in [-0.39, 0.29) is 0 Å². The van der Waals surface area contributed by atoms with E-state index < -0.39 is 0 Å². The molecular weight excluding hydrogens is 394 g/mol. The first-order valence-corrected chi connectivity index (χ1v) is 8.53. The van der Waals surface area contributed by atoms with Gasteiger partial charge >= 0.3 is 0 Å². The first-order chi connectivity index (χ1) is 10.1. The van der Waals surface area contributed by atoms with Crippen LogP contribution in [-0.2, 0) is 19.5 Å². The Morgan fingerprint density at radius 1 is 1.00 bits per heavy atom. The van der Waals surface area contributed by atoms with Crippen LogP contribution in [0.1, 0.15) is 23.6 Å². The van der Waals surface area contributed by atoms with E-state index in [1.54, 1.807) is 7.11 Å². The lowest BCUT2D eigenvalue weighted by Crippen LogP contribution is -2.13. The molecule has 21 heavy (non-hydrogen) atoms. The summed E-state index contributed by atoms with van der Waals surface area (Å²) >= 11 is 7.04. The summed E-state index contributed by atoms with van der Waals surface area (Å²) in [5.41, 5.74) is 3.79. The molecule has 0 fully saturated rings. The van der Waals surface area contributed by atoms with Crippen LogP contribution >= 0.6 is 31.9 Å². The minimum atomic E-state index is 0.761. The zero-order valence-electron chi connectivity index (χ0n) is 12.2. The average Bonchev–Trinajstić information content (AvgIpc) is 2.47. The number of ether oxygens (including phenoxy) is 1. The molecule has 2 nitrogen and oxygen atoms in total. The van der Waals surface area contributed by atoms with Gasteiger partial charge in [-0.3, -0.25) is 0 Å². The van der Waals surface area contributed by atoms with Gasteiger partial charge in [-0.15, -0.1) is 0 Å². The van der Waals surface area contributed by atoms with Crippen LogP contribution < -0.4 is 10.1 Å². The molecule has 0 unspecified atom stereocenters. The Hall–Kier alpha value is -0.840. The van der Waals surface area contributed by atoms with Crippen LogP contribution in [0.3, 0.4) is 0 Å². The van der Waals surface area contributed by atoms with E-state index in [0.717, 1.165) is 39.8 Å². The minimum Gasteiger partial charge on any atom is -0.495 e. The molecule has 0 spiro atoms. The molecule has 112 valence electrons. The summed E-state index contributed by atoms with van der Waals surface area (Å²) in [5, 5.41) is 3.46. The van der Waals surface area contributed by atoms with E-state index in [1.807, 2.05) is 6.07 Å². The van der Waals surface area contributed by atoms with Gasteiger partial charge in [-0.25, -0.2) is 0 Å². The highest BCUT2D eigenvalue weighted by molar-refractivity contribution is 9.11. The van der Waals surface area contributed by atoms with Crippen molar-refractivity contribution >= 4 is 31.9 Å². The van der Waals surface area contributed by atoms with E-state index >= 15 is 0 Å². The van der Waals surface area contributed by atoms with E-state index in [1.165, 1.54) is 11.1 Å². The third-order valence-electron chi connectivity index (χ3n) is 3.37. The number of halogens is 2. The number of rotatable bonds is 6. The molecule has 1 N–H and O–H groups in total. The Labute approximate surface area is 143 Å². The second-order valence-electron chi connectivity index (χ2n) is 4.85. The van der Waals surface area contributed by atoms with Gasteiger partial charge in [0, 0.05) is 23.1 Å². The van der Waals surface area contributed by atoms with Crippen LogP contribution in [0, 0.1) is 0 Å². The van der Waals surface area contributed by atoms with Gasteiger partial charge in [0.15, 0.2) is 0 Å². The fourth-order valence-corrected chi connectivity index (χ4v) is 3.68. The fourth-order valence-electron chi connectivity index (χ4n) is 2.21. The Kier molecular flexibility index (Phi) is 6.27. The van der Waals surface area contributed by atoms with E-state index in [9.17, 15) is 0 Å². The molecule has 2 aromatic carbocycles. The molecule has 4 heteroatoms. The number of aryl methyl sites for hydroxylation is 1. The van der Waals surface area contributed by atoms with Crippen LogP contribution in [0.2, 0.25) is 0 Å². The summed E-state index contributed by atoms with van der Waals surface area (Å²) < 4.78 is 7.46. The molecular formula is C17H19Br2NO. The van der Waals surface area contributed by atoms with Gasteiger partial charge in [0.05, 0.1) is 11.6 Å². The molecule has 0 saturated heterocycles. The van der Waals surface area contributed by atoms with Gasteiger partial charge in [-0.1, -0.05) is 47.1 Å². The molecule has 0 aliphatic heterocycles. The molecule has 0 aliphatic rings. The predicted octanol–water partition coefficient (Wildman–Crippen LogP) is 5.07. The Morgan fingerprint density at radius 2 is 1.67 bits per heavy atom. The molecule has 0 aromatic heterocycles. The molecule has 0 saturated carbocycles. The normalized spacial score (nSPS) is 10.7. The van der Waals surface area contributed by atoms with Crippen molar-refractivity contribution in [2.24, 2.45) is 0 Å². The van der Waals surface area contributed by atoms with Crippen molar-refractivity contribution in [3.8, 4) is 5.75 Å². The molecule has 0 atom stereocenters. The Bertz CT molecular complexity index is 596. The van der Waals surface area contributed by atoms with E-state index in [0.29, 0.717) is 0 Å². The van der Waals surface area contributed by atoms with Gasteiger partial charge < -0.3 is 10.1 Å². The number of nitrogens with one attached hydrogen (secondary N) is 1. The zero-order chi connectivity index (χ0) is 15.2. The molecule has 0 radical (unpaired) electrons. The topological polar surface area (TPSA) is 21.3 Å². The van der Waals surface area contributed by atoms with Gasteiger partial charge in [0.2, 0.25) is 0 Å². The van der Waals surface area contributed by atoms with Crippen LogP contribution in [0.4, 0.5) is 0 Å². The molecule has 0 bridgehead atoms. The number of benzene rings is 2. The second-order valence-corrected chi connectivity index (χ2v) is 6.62. The maximum atomic E-state index is 5.46. The van der Waals surface area contributed by atoms with Crippen molar-refractivity contribution in [3.63, 3.8) is 0 Å². The highest BCUT2D eigenvalue weighted by Gasteiger charge is 2.08. The smallest absolute Gasteiger partial charge is 0.137 e. The summed E-state index contributed by atoms with van der Waals surface area (Å²) in [6, 6.07) is 12.8. The summed E-state index contributed by atoms with van der Waals surface area (Å²) in [4.78, 5) is 0. The summed E-state index contributed by atoms with van der Waals surface area (Å²) in [7, 11) is 1.70. The largest absolute Gasteiger partial charge is 0.495 e. The third-order valence-corrected chi connectivity index (χ3v) is 4.41. The molecule has 0 heterocycles. The number of hydrogen-bond donors (Lipinski definition) is 1. The first kappa shape index (κ1) is 16.5. The SMILES string of the molecule is CCc1ccc(CNCc2cc(Br)cc(Br)c2OC)cc1. The van der Waals surface area contributed by atoms with Crippen LogP contribution in [-0.4, -0.2) is 7.11 Å². The van der Waals surface area contributed by atoms with Crippen molar-refractivity contribution in [1.29, 1.82) is 0 Å². The van der Waals surface area contributed by atoms with Crippen LogP contribution in [0.5, 0.6) is 5.75 Å². The van der Waals surface area contributed by atoms with E-state index in [2.05, 4.69) is 74.4 Å². The van der Waals surface area contributed by atoms with Crippen molar-refractivity contribution in [3.05, 3.63) is 62.0 Å². The van der Waals surface area contributed by atoms with E-state index in [4.69, 9.17) is 4.74 Å². The molecule has 0 amide bonds. The summed E-state index contributed by atoms with van der Waals surface area (Å²) in [6.07, 6.45) is 1.08. The summed E-state index contributed by atoms with van der Waals surface area (Å²) in [5.74, 6) is 0.882. The van der Waals surface area contributed by atoms with Gasteiger partial charge in [0.1, 0.15) is 5.75 Å². The van der Waals surface area contributed by atoms with Crippen molar-refractivity contribution in [2.45, 2.75) is 26.4 Å². The van der Waals surface area contributed by atoms with Crippen molar-refractivity contribution < 1.29 is 4.74 Å². The fraction of sp³-hybridized carbons (Fsp3) is 0.294. The lowest BCUT2D eigenvalue weighted by molar-refractivity contribution is 0.405. The average molecular weight is 413 g/mol. The highest BCUT2D eigenvalue weighted by atomic mass is 79.9. The summed E-state index contributed by atoms with van der Waals surface area (Å²) in [6.45, 7) is 3.78. The van der Waals surface area contributed by atoms with Crippen molar-refractivity contribution in [1.82, 2.24) is 5.32 Å². The Morgan fingerprint density at radius 3 is 2.29 bits per heavy atom. The highest BCUT2D eigenvalue weighted by Crippen LogP contribution is 2.32. The van der Waals surface area contributed by atoms with Gasteiger partial charge in [0.25, 0.3) is 0 Å².